The lowest BCUT2D eigenvalue weighted by Gasteiger charge is -2.39. The molecule has 1 saturated heterocycles. The Hall–Kier alpha value is -4.39. The first kappa shape index (κ1) is 24.6. The van der Waals surface area contributed by atoms with Crippen LogP contribution in [0.1, 0.15) is 49.2 Å². The molecule has 0 saturated carbocycles. The van der Waals surface area contributed by atoms with Crippen LogP contribution >= 0.6 is 0 Å². The zero-order chi connectivity index (χ0) is 28.0. The number of allylic oxidation sites excluding steroid dienone is 1. The molecule has 0 aromatic heterocycles. The molecular weight excluding hydrogens is 504 g/mol. The number of benzene rings is 3. The van der Waals surface area contributed by atoms with Crippen molar-refractivity contribution in [3.63, 3.8) is 0 Å². The van der Waals surface area contributed by atoms with E-state index in [-0.39, 0.29) is 24.3 Å². The lowest BCUT2D eigenvalue weighted by molar-refractivity contribution is -0.128. The average Bonchev–Trinajstić information content (AvgIpc) is 3.61. The van der Waals surface area contributed by atoms with Gasteiger partial charge in [-0.05, 0) is 48.4 Å². The summed E-state index contributed by atoms with van der Waals surface area (Å²) in [6.45, 7) is 7.72. The second-order valence-electron chi connectivity index (χ2n) is 12.1. The molecule has 7 nitrogen and oxygen atoms in total. The van der Waals surface area contributed by atoms with E-state index in [9.17, 15) is 14.4 Å². The number of amides is 1. The Morgan fingerprint density at radius 1 is 0.975 bits per heavy atom. The Morgan fingerprint density at radius 3 is 2.50 bits per heavy atom. The van der Waals surface area contributed by atoms with Crippen LogP contribution in [0.25, 0.3) is 5.57 Å². The van der Waals surface area contributed by atoms with Crippen LogP contribution in [0.4, 0.5) is 11.4 Å². The Balaban J connectivity index is 1.54. The fraction of sp³-hybridized carbons (Fsp3) is 0.303. The molecule has 3 aromatic carbocycles. The number of carbonyl (C=O) groups excluding carboxylic acids is 3. The van der Waals surface area contributed by atoms with Gasteiger partial charge in [-0.1, -0.05) is 63.2 Å². The molecule has 7 heteroatoms. The molecule has 4 aliphatic heterocycles. The van der Waals surface area contributed by atoms with Crippen molar-refractivity contribution >= 4 is 34.4 Å². The van der Waals surface area contributed by atoms with Gasteiger partial charge in [0.05, 0.1) is 12.0 Å². The molecule has 1 spiro atoms. The second kappa shape index (κ2) is 8.31. The van der Waals surface area contributed by atoms with E-state index in [1.165, 1.54) is 0 Å². The van der Waals surface area contributed by atoms with Crippen LogP contribution in [0.2, 0.25) is 0 Å². The summed E-state index contributed by atoms with van der Waals surface area (Å²) < 4.78 is 11.1. The molecule has 0 bridgehead atoms. The summed E-state index contributed by atoms with van der Waals surface area (Å²) in [5.41, 5.74) is 2.54. The van der Waals surface area contributed by atoms with Crippen LogP contribution < -0.4 is 19.7 Å². The smallest absolute Gasteiger partial charge is 0.238 e. The van der Waals surface area contributed by atoms with Crippen molar-refractivity contribution in [2.24, 2.45) is 11.3 Å². The van der Waals surface area contributed by atoms with Crippen molar-refractivity contribution in [3.05, 3.63) is 89.5 Å². The maximum Gasteiger partial charge on any atom is 0.238 e. The lowest BCUT2D eigenvalue weighted by Crippen LogP contribution is -2.51. The van der Waals surface area contributed by atoms with Gasteiger partial charge in [0.25, 0.3) is 0 Å². The van der Waals surface area contributed by atoms with Crippen molar-refractivity contribution in [2.45, 2.75) is 45.2 Å². The fourth-order valence-corrected chi connectivity index (χ4v) is 7.06. The summed E-state index contributed by atoms with van der Waals surface area (Å²) >= 11 is 0. The molecule has 4 atom stereocenters. The third-order valence-corrected chi connectivity index (χ3v) is 8.83. The van der Waals surface area contributed by atoms with Gasteiger partial charge in [0.2, 0.25) is 12.7 Å². The minimum Gasteiger partial charge on any atom is -0.454 e. The third kappa shape index (κ3) is 3.14. The van der Waals surface area contributed by atoms with Crippen molar-refractivity contribution in [1.82, 2.24) is 0 Å². The van der Waals surface area contributed by atoms with Crippen LogP contribution in [0.15, 0.2) is 72.8 Å². The number of Topliss-reactive ketones (excluding diaryl/α,β-unsaturated/α-hetero) is 2. The van der Waals surface area contributed by atoms with Gasteiger partial charge in [0.1, 0.15) is 11.5 Å². The van der Waals surface area contributed by atoms with Gasteiger partial charge in [-0.3, -0.25) is 14.4 Å². The molecule has 0 radical (unpaired) electrons. The van der Waals surface area contributed by atoms with E-state index >= 15 is 0 Å². The predicted molar refractivity (Wildman–Crippen MR) is 152 cm³/mol. The molecule has 3 aromatic rings. The topological polar surface area (TPSA) is 84.9 Å². The Bertz CT molecular complexity index is 1650. The molecule has 0 unspecified atom stereocenters. The number of fused-ring (bicyclic) bond motifs is 7. The van der Waals surface area contributed by atoms with Gasteiger partial charge in [-0.25, -0.2) is 0 Å². The lowest BCUT2D eigenvalue weighted by atomic mass is 9.63. The summed E-state index contributed by atoms with van der Waals surface area (Å²) in [6, 6.07) is 19.1. The zero-order valence-electron chi connectivity index (χ0n) is 22.9. The van der Waals surface area contributed by atoms with E-state index in [1.807, 2.05) is 81.1 Å². The number of anilines is 2. The molecule has 4 heterocycles. The number of nitrogens with one attached hydrogen (secondary N) is 1. The SMILES string of the molecule is CC1=C[C@@H]2N(c3ccccc31)[C@H](C(=O)C(C)(C)C)[C@H](C(=O)c1ccc3c(c1)OCO3)[C@@]21C(=O)Nc2ccccc21. The molecule has 202 valence electrons. The molecular formula is C33H30N2O5. The number of carbonyl (C=O) groups is 3. The van der Waals surface area contributed by atoms with Crippen molar-refractivity contribution in [2.75, 3.05) is 17.0 Å². The van der Waals surface area contributed by atoms with Gasteiger partial charge < -0.3 is 19.7 Å². The largest absolute Gasteiger partial charge is 0.454 e. The highest BCUT2D eigenvalue weighted by atomic mass is 16.7. The van der Waals surface area contributed by atoms with Gasteiger partial charge >= 0.3 is 0 Å². The first-order valence-electron chi connectivity index (χ1n) is 13.6. The summed E-state index contributed by atoms with van der Waals surface area (Å²) in [7, 11) is 0. The minimum absolute atomic E-state index is 0.0813. The van der Waals surface area contributed by atoms with Crippen LogP contribution in [-0.4, -0.2) is 36.4 Å². The Labute approximate surface area is 232 Å². The van der Waals surface area contributed by atoms with E-state index in [0.717, 1.165) is 22.4 Å². The van der Waals surface area contributed by atoms with Gasteiger partial charge in [-0.2, -0.15) is 0 Å². The maximum atomic E-state index is 14.9. The van der Waals surface area contributed by atoms with Gasteiger partial charge in [0.15, 0.2) is 23.1 Å². The zero-order valence-corrected chi connectivity index (χ0v) is 22.9. The third-order valence-electron chi connectivity index (χ3n) is 8.83. The maximum absolute atomic E-state index is 14.9. The normalized spacial score (nSPS) is 25.7. The predicted octanol–water partition coefficient (Wildman–Crippen LogP) is 5.39. The fourth-order valence-electron chi connectivity index (χ4n) is 7.06. The van der Waals surface area contributed by atoms with Gasteiger partial charge in [0, 0.05) is 27.9 Å². The monoisotopic (exact) mass is 534 g/mol. The van der Waals surface area contributed by atoms with E-state index in [1.54, 1.807) is 18.2 Å². The average molecular weight is 535 g/mol. The van der Waals surface area contributed by atoms with E-state index < -0.39 is 28.8 Å². The highest BCUT2D eigenvalue weighted by Crippen LogP contribution is 2.59. The second-order valence-corrected chi connectivity index (χ2v) is 12.1. The summed E-state index contributed by atoms with van der Waals surface area (Å²) in [5, 5.41) is 3.08. The van der Waals surface area contributed by atoms with Gasteiger partial charge in [-0.15, -0.1) is 0 Å². The number of ether oxygens (including phenoxy) is 2. The van der Waals surface area contributed by atoms with E-state index in [2.05, 4.69) is 11.4 Å². The number of nitrogens with zero attached hydrogens (tertiary/aromatic N) is 1. The first-order chi connectivity index (χ1) is 19.1. The summed E-state index contributed by atoms with van der Waals surface area (Å²) in [4.78, 5) is 45.8. The van der Waals surface area contributed by atoms with Crippen LogP contribution in [0, 0.1) is 11.3 Å². The molecule has 40 heavy (non-hydrogen) atoms. The molecule has 1 fully saturated rings. The Morgan fingerprint density at radius 2 is 1.70 bits per heavy atom. The standard InChI is InChI=1S/C33H30N2O5/c1-18-15-26-33(21-10-6-7-11-22(21)34-31(33)38)27(29(36)19-13-14-24-25(16-19)40-17-39-24)28(30(37)32(2,3)4)35(26)23-12-8-5-9-20(18)23/h5-16,26-28H,17H2,1-4H3,(H,34,38)/t26-,27+,28-,33-/m0/s1. The first-order valence-corrected chi connectivity index (χ1v) is 13.6. The number of ketones is 2. The van der Waals surface area contributed by atoms with E-state index in [0.29, 0.717) is 22.7 Å². The molecule has 7 rings (SSSR count). The van der Waals surface area contributed by atoms with Crippen molar-refractivity contribution in [1.29, 1.82) is 0 Å². The van der Waals surface area contributed by atoms with Crippen LogP contribution in [0.3, 0.4) is 0 Å². The number of rotatable bonds is 3. The van der Waals surface area contributed by atoms with Crippen molar-refractivity contribution in [3.8, 4) is 11.5 Å². The molecule has 1 amide bonds. The highest BCUT2D eigenvalue weighted by Gasteiger charge is 2.71. The van der Waals surface area contributed by atoms with Crippen LogP contribution in [0.5, 0.6) is 11.5 Å². The number of hydrogen-bond acceptors (Lipinski definition) is 6. The number of para-hydroxylation sites is 2. The molecule has 1 N–H and O–H groups in total. The Kier molecular flexibility index (Phi) is 5.12. The quantitative estimate of drug-likeness (QED) is 0.454. The molecule has 4 aliphatic rings. The van der Waals surface area contributed by atoms with Crippen molar-refractivity contribution < 1.29 is 23.9 Å². The summed E-state index contributed by atoms with van der Waals surface area (Å²) in [6.07, 6.45) is 2.07. The highest BCUT2D eigenvalue weighted by molar-refractivity contribution is 6.17. The molecule has 0 aliphatic carbocycles. The summed E-state index contributed by atoms with van der Waals surface area (Å²) in [5.74, 6) is -0.585. The number of hydrogen-bond donors (Lipinski definition) is 1. The minimum atomic E-state index is -1.33. The van der Waals surface area contributed by atoms with E-state index in [4.69, 9.17) is 9.47 Å². The van der Waals surface area contributed by atoms with Crippen LogP contribution in [-0.2, 0) is 15.0 Å².